The Labute approximate surface area is 131 Å². The lowest BCUT2D eigenvalue weighted by Gasteiger charge is -2.59. The van der Waals surface area contributed by atoms with Gasteiger partial charge in [0.05, 0.1) is 0 Å². The van der Waals surface area contributed by atoms with Gasteiger partial charge < -0.3 is 5.11 Å². The normalized spacial score (nSPS) is 46.8. The average molecular weight is 290 g/mol. The van der Waals surface area contributed by atoms with Crippen LogP contribution >= 0.6 is 0 Å². The van der Waals surface area contributed by atoms with Gasteiger partial charge in [-0.2, -0.15) is 0 Å². The Balaban J connectivity index is 1.91. The van der Waals surface area contributed by atoms with Crippen LogP contribution in [0, 0.1) is 34.5 Å². The molecule has 0 bridgehead atoms. The smallest absolute Gasteiger partial charge is 0.0487 e. The van der Waals surface area contributed by atoms with Crippen molar-refractivity contribution in [3.8, 4) is 0 Å². The molecule has 0 radical (unpaired) electrons. The molecule has 0 aliphatic heterocycles. The first-order valence-electron chi connectivity index (χ1n) is 9.22. The Morgan fingerprint density at radius 3 is 2.62 bits per heavy atom. The van der Waals surface area contributed by atoms with Crippen LogP contribution in [0.1, 0.15) is 72.6 Å². The van der Waals surface area contributed by atoms with E-state index < -0.39 is 0 Å². The summed E-state index contributed by atoms with van der Waals surface area (Å²) >= 11 is 0. The van der Waals surface area contributed by atoms with Gasteiger partial charge in [-0.3, -0.25) is 0 Å². The topological polar surface area (TPSA) is 20.2 Å². The molecular weight excluding hydrogens is 256 g/mol. The number of fused-ring (bicyclic) bond motifs is 3. The van der Waals surface area contributed by atoms with Crippen molar-refractivity contribution < 1.29 is 5.11 Å². The highest BCUT2D eigenvalue weighted by molar-refractivity contribution is 5.22. The highest BCUT2D eigenvalue weighted by Crippen LogP contribution is 2.63. The second-order valence-electron chi connectivity index (χ2n) is 9.04. The molecule has 1 N–H and O–H groups in total. The van der Waals surface area contributed by atoms with Crippen molar-refractivity contribution in [2.24, 2.45) is 34.5 Å². The van der Waals surface area contributed by atoms with Gasteiger partial charge in [0.1, 0.15) is 0 Å². The van der Waals surface area contributed by atoms with E-state index in [1.54, 1.807) is 5.57 Å². The number of allylic oxidation sites excluding steroid dienone is 2. The van der Waals surface area contributed by atoms with Gasteiger partial charge in [0, 0.05) is 6.61 Å². The molecule has 2 saturated carbocycles. The van der Waals surface area contributed by atoms with Gasteiger partial charge in [-0.1, -0.05) is 45.8 Å². The summed E-state index contributed by atoms with van der Waals surface area (Å²) in [6.45, 7) is 10.0. The molecule has 0 unspecified atom stereocenters. The van der Waals surface area contributed by atoms with E-state index in [0.29, 0.717) is 12.0 Å². The number of rotatable bonds is 2. The molecule has 0 aromatic heterocycles. The maximum absolute atomic E-state index is 10.00. The first-order valence-corrected chi connectivity index (χ1v) is 9.22. The number of hydrogen-bond acceptors (Lipinski definition) is 1. The molecule has 3 rings (SSSR count). The van der Waals surface area contributed by atoms with Crippen molar-refractivity contribution in [2.75, 3.05) is 6.61 Å². The van der Waals surface area contributed by atoms with E-state index in [1.807, 2.05) is 0 Å². The van der Waals surface area contributed by atoms with Gasteiger partial charge in [-0.05, 0) is 73.0 Å². The summed E-state index contributed by atoms with van der Waals surface area (Å²) in [5, 5.41) is 10.00. The average Bonchev–Trinajstić information content (AvgIpc) is 2.46. The number of aliphatic hydroxyl groups is 1. The third-order valence-electron chi connectivity index (χ3n) is 7.50. The zero-order chi connectivity index (χ0) is 15.3. The lowest BCUT2D eigenvalue weighted by atomic mass is 9.45. The zero-order valence-corrected chi connectivity index (χ0v) is 14.5. The molecule has 1 heteroatoms. The molecule has 21 heavy (non-hydrogen) atoms. The van der Waals surface area contributed by atoms with Crippen molar-refractivity contribution in [1.29, 1.82) is 0 Å². The van der Waals surface area contributed by atoms with Gasteiger partial charge >= 0.3 is 0 Å². The van der Waals surface area contributed by atoms with E-state index in [2.05, 4.69) is 33.8 Å². The second-order valence-corrected chi connectivity index (χ2v) is 9.04. The molecule has 0 amide bonds. The van der Waals surface area contributed by atoms with Crippen LogP contribution in [-0.4, -0.2) is 11.7 Å². The molecule has 2 fully saturated rings. The van der Waals surface area contributed by atoms with Crippen LogP contribution in [0.2, 0.25) is 0 Å². The van der Waals surface area contributed by atoms with Crippen LogP contribution in [0.4, 0.5) is 0 Å². The Morgan fingerprint density at radius 1 is 1.19 bits per heavy atom. The molecule has 0 aromatic rings. The Kier molecular flexibility index (Phi) is 4.01. The third kappa shape index (κ3) is 2.40. The largest absolute Gasteiger partial charge is 0.396 e. The maximum atomic E-state index is 10.00. The zero-order valence-electron chi connectivity index (χ0n) is 14.5. The summed E-state index contributed by atoms with van der Waals surface area (Å²) in [5.74, 6) is 3.13. The minimum absolute atomic E-state index is 0.174. The summed E-state index contributed by atoms with van der Waals surface area (Å²) in [6, 6.07) is 0. The Bertz CT molecular complexity index is 424. The highest BCUT2D eigenvalue weighted by atomic mass is 16.3. The van der Waals surface area contributed by atoms with Crippen molar-refractivity contribution in [3.05, 3.63) is 11.6 Å². The van der Waals surface area contributed by atoms with E-state index in [0.717, 1.165) is 23.7 Å². The first kappa shape index (κ1) is 15.6. The van der Waals surface area contributed by atoms with Crippen molar-refractivity contribution in [2.45, 2.75) is 72.6 Å². The molecule has 3 aliphatic rings. The SMILES string of the molecule is CC(C)[C@H]1C=C2CC[C@H]3[C@](C)(CO)CCC[C@]3(C)[C@H]2CC1. The first-order chi connectivity index (χ1) is 9.90. The molecule has 0 heterocycles. The van der Waals surface area contributed by atoms with Gasteiger partial charge in [0.15, 0.2) is 0 Å². The fraction of sp³-hybridized carbons (Fsp3) is 0.900. The molecule has 120 valence electrons. The lowest BCUT2D eigenvalue weighted by molar-refractivity contribution is -0.0888. The monoisotopic (exact) mass is 290 g/mol. The lowest BCUT2D eigenvalue weighted by Crippen LogP contribution is -2.52. The third-order valence-corrected chi connectivity index (χ3v) is 7.50. The van der Waals surface area contributed by atoms with E-state index in [4.69, 9.17) is 0 Å². The molecular formula is C20H34O. The minimum atomic E-state index is 0.174. The van der Waals surface area contributed by atoms with Crippen LogP contribution < -0.4 is 0 Å². The Hall–Kier alpha value is -0.300. The molecule has 3 aliphatic carbocycles. The van der Waals surface area contributed by atoms with Gasteiger partial charge in [0.2, 0.25) is 0 Å². The number of aliphatic hydroxyl groups excluding tert-OH is 1. The molecule has 0 spiro atoms. The van der Waals surface area contributed by atoms with Crippen molar-refractivity contribution in [3.63, 3.8) is 0 Å². The van der Waals surface area contributed by atoms with Crippen LogP contribution in [0.5, 0.6) is 0 Å². The van der Waals surface area contributed by atoms with Crippen LogP contribution in [0.3, 0.4) is 0 Å². The fourth-order valence-corrected chi connectivity index (χ4v) is 6.17. The maximum Gasteiger partial charge on any atom is 0.0487 e. The summed E-state index contributed by atoms with van der Waals surface area (Å²) in [4.78, 5) is 0. The van der Waals surface area contributed by atoms with E-state index in [9.17, 15) is 5.11 Å². The summed E-state index contributed by atoms with van der Waals surface area (Å²) in [5.41, 5.74) is 2.40. The molecule has 5 atom stereocenters. The van der Waals surface area contributed by atoms with Crippen LogP contribution in [-0.2, 0) is 0 Å². The standard InChI is InChI=1S/C20H34O/c1-14(2)15-6-8-17-16(12-15)7-9-18-19(3,13-21)10-5-11-20(17,18)4/h12,14-15,17-18,21H,5-11,13H2,1-4H3/t15-,17+,18+,19+,20-/m1/s1. The second kappa shape index (κ2) is 5.41. The van der Waals surface area contributed by atoms with Gasteiger partial charge in [-0.15, -0.1) is 0 Å². The van der Waals surface area contributed by atoms with Crippen LogP contribution in [0.15, 0.2) is 11.6 Å². The van der Waals surface area contributed by atoms with E-state index >= 15 is 0 Å². The van der Waals surface area contributed by atoms with E-state index in [-0.39, 0.29) is 5.41 Å². The van der Waals surface area contributed by atoms with Crippen molar-refractivity contribution in [1.82, 2.24) is 0 Å². The Morgan fingerprint density at radius 2 is 1.95 bits per heavy atom. The van der Waals surface area contributed by atoms with Gasteiger partial charge in [0.25, 0.3) is 0 Å². The quantitative estimate of drug-likeness (QED) is 0.694. The predicted octanol–water partition coefficient (Wildman–Crippen LogP) is 5.19. The minimum Gasteiger partial charge on any atom is -0.396 e. The van der Waals surface area contributed by atoms with Crippen LogP contribution in [0.25, 0.3) is 0 Å². The molecule has 0 aromatic carbocycles. The summed E-state index contributed by atoms with van der Waals surface area (Å²) < 4.78 is 0. The van der Waals surface area contributed by atoms with Crippen molar-refractivity contribution >= 4 is 0 Å². The summed E-state index contributed by atoms with van der Waals surface area (Å²) in [7, 11) is 0. The van der Waals surface area contributed by atoms with E-state index in [1.165, 1.54) is 44.9 Å². The van der Waals surface area contributed by atoms with Gasteiger partial charge in [-0.25, -0.2) is 0 Å². The number of hydrogen-bond donors (Lipinski definition) is 1. The highest BCUT2D eigenvalue weighted by Gasteiger charge is 2.54. The molecule has 1 nitrogen and oxygen atoms in total. The molecule has 0 saturated heterocycles. The fourth-order valence-electron chi connectivity index (χ4n) is 6.17. The predicted molar refractivity (Wildman–Crippen MR) is 89.0 cm³/mol. The summed E-state index contributed by atoms with van der Waals surface area (Å²) in [6.07, 6.45) is 11.9.